The van der Waals surface area contributed by atoms with Crippen molar-refractivity contribution in [1.82, 2.24) is 45.0 Å². The van der Waals surface area contributed by atoms with Crippen LogP contribution >= 0.6 is 0 Å². The molecule has 0 spiro atoms. The number of anilines is 6. The summed E-state index contributed by atoms with van der Waals surface area (Å²) in [6, 6.07) is 15.0. The van der Waals surface area contributed by atoms with E-state index in [1.165, 1.54) is 6.20 Å². The third kappa shape index (κ3) is 10.5. The van der Waals surface area contributed by atoms with Crippen LogP contribution in [0.4, 0.5) is 35.3 Å². The maximum atomic E-state index is 13.5. The molecule has 0 radical (unpaired) electrons. The lowest BCUT2D eigenvalue weighted by Crippen LogP contribution is -2.60. The normalized spacial score (nSPS) is 17.2. The molecule has 0 saturated carbocycles. The molecule has 6 N–H and O–H groups in total. The number of amides is 2. The minimum atomic E-state index is -0.852. The zero-order valence-corrected chi connectivity index (χ0v) is 40.1. The molecular weight excluding hydrogens is 927 g/mol. The highest BCUT2D eigenvalue weighted by atomic mass is 16.5. The van der Waals surface area contributed by atoms with Gasteiger partial charge in [-0.15, -0.1) is 0 Å². The SMILES string of the molecule is CN=C/C(=C\N)c1cccc(NC(=O)c2cc3oc(N4CCOCC4)nc3nc2N2CC(C)(O)C2)n1.Cn1cc(-c2cccc(NC(=O)c3cc4oc(N5CCOCC5)nc4nc3N3CCNCC3)n2)cn1. The van der Waals surface area contributed by atoms with Crippen LogP contribution in [0.5, 0.6) is 0 Å². The van der Waals surface area contributed by atoms with Crippen LogP contribution in [0.1, 0.15) is 33.3 Å². The van der Waals surface area contributed by atoms with Gasteiger partial charge in [0, 0.05) is 121 Å². The molecule has 0 aliphatic carbocycles. The maximum absolute atomic E-state index is 13.5. The number of hydrogen-bond acceptors (Lipinski definition) is 21. The Labute approximate surface area is 412 Å². The van der Waals surface area contributed by atoms with Crippen LogP contribution < -0.4 is 41.3 Å². The molecule has 24 heteroatoms. The van der Waals surface area contributed by atoms with Crippen LogP contribution in [0.15, 0.2) is 81.0 Å². The molecule has 0 atom stereocenters. The number of aromatic nitrogens is 8. The minimum Gasteiger partial charge on any atom is -0.422 e. The number of β-amino-alcohol motifs (C(OH)–C–C–N with tert-alkyl or cyclic N) is 1. The van der Waals surface area contributed by atoms with Crippen molar-refractivity contribution in [3.8, 4) is 11.3 Å². The van der Waals surface area contributed by atoms with Crippen LogP contribution in [0.25, 0.3) is 39.3 Å². The van der Waals surface area contributed by atoms with Crippen LogP contribution in [-0.2, 0) is 16.5 Å². The fraction of sp³-hybridized carbons (Fsp3) is 0.375. The first kappa shape index (κ1) is 47.6. The lowest BCUT2D eigenvalue weighted by atomic mass is 9.96. The van der Waals surface area contributed by atoms with Gasteiger partial charge < -0.3 is 64.7 Å². The zero-order valence-electron chi connectivity index (χ0n) is 40.1. The molecule has 7 aromatic heterocycles. The van der Waals surface area contributed by atoms with Crippen molar-refractivity contribution in [2.45, 2.75) is 12.5 Å². The number of rotatable bonds is 11. The summed E-state index contributed by atoms with van der Waals surface area (Å²) in [5.41, 5.74) is 10.1. The van der Waals surface area contributed by atoms with Gasteiger partial charge in [-0.3, -0.25) is 19.3 Å². The van der Waals surface area contributed by atoms with E-state index in [4.69, 9.17) is 29.0 Å². The number of nitrogens with two attached hydrogens (primary N) is 1. The summed E-state index contributed by atoms with van der Waals surface area (Å²) in [7, 11) is 3.49. The molecule has 4 aliphatic heterocycles. The molecule has 0 unspecified atom stereocenters. The number of carbonyl (C=O) groups is 2. The Morgan fingerprint density at radius 3 is 1.83 bits per heavy atom. The Kier molecular flexibility index (Phi) is 13.7. The van der Waals surface area contributed by atoms with Gasteiger partial charge in [-0.1, -0.05) is 12.1 Å². The number of hydrogen-bond donors (Lipinski definition) is 5. The first-order valence-electron chi connectivity index (χ1n) is 23.6. The average molecular weight is 982 g/mol. The second kappa shape index (κ2) is 20.7. The second-order valence-corrected chi connectivity index (χ2v) is 17.8. The summed E-state index contributed by atoms with van der Waals surface area (Å²) < 4.78 is 24.6. The van der Waals surface area contributed by atoms with E-state index in [2.05, 4.69) is 55.9 Å². The monoisotopic (exact) mass is 981 g/mol. The number of morpholine rings is 2. The fourth-order valence-electron chi connectivity index (χ4n) is 8.67. The van der Waals surface area contributed by atoms with E-state index in [9.17, 15) is 14.7 Å². The van der Waals surface area contributed by atoms with E-state index >= 15 is 0 Å². The molecule has 72 heavy (non-hydrogen) atoms. The van der Waals surface area contributed by atoms with Gasteiger partial charge in [0.05, 0.1) is 60.7 Å². The number of piperazine rings is 1. The van der Waals surface area contributed by atoms with E-state index in [0.717, 1.165) is 37.4 Å². The van der Waals surface area contributed by atoms with Crippen molar-refractivity contribution in [1.29, 1.82) is 0 Å². The number of aliphatic hydroxyl groups is 1. The Morgan fingerprint density at radius 2 is 1.31 bits per heavy atom. The van der Waals surface area contributed by atoms with Gasteiger partial charge in [0.1, 0.15) is 23.3 Å². The van der Waals surface area contributed by atoms with Crippen LogP contribution in [-0.4, -0.2) is 167 Å². The van der Waals surface area contributed by atoms with Crippen LogP contribution in [0.2, 0.25) is 0 Å². The first-order valence-corrected chi connectivity index (χ1v) is 23.6. The third-order valence-corrected chi connectivity index (χ3v) is 12.3. The van der Waals surface area contributed by atoms with E-state index in [1.807, 2.05) is 40.1 Å². The quantitative estimate of drug-likeness (QED) is 0.117. The van der Waals surface area contributed by atoms with E-state index in [0.29, 0.717) is 146 Å². The summed E-state index contributed by atoms with van der Waals surface area (Å²) in [4.78, 5) is 66.6. The maximum Gasteiger partial charge on any atom is 0.300 e. The number of fused-ring (bicyclic) bond motifs is 2. The van der Waals surface area contributed by atoms with E-state index < -0.39 is 11.5 Å². The van der Waals surface area contributed by atoms with Crippen molar-refractivity contribution >= 4 is 81.4 Å². The van der Waals surface area contributed by atoms with E-state index in [-0.39, 0.29) is 5.91 Å². The van der Waals surface area contributed by atoms with Crippen molar-refractivity contribution in [3.05, 3.63) is 83.9 Å². The summed E-state index contributed by atoms with van der Waals surface area (Å²) in [6.07, 6.45) is 6.62. The highest BCUT2D eigenvalue weighted by molar-refractivity contribution is 6.11. The summed E-state index contributed by atoms with van der Waals surface area (Å²) in [5.74, 6) is 1.08. The molecule has 24 nitrogen and oxygen atoms in total. The minimum absolute atomic E-state index is 0.291. The lowest BCUT2D eigenvalue weighted by Gasteiger charge is -2.45. The number of aliphatic imine (C=N–C) groups is 1. The number of ether oxygens (including phenoxy) is 2. The predicted molar refractivity (Wildman–Crippen MR) is 271 cm³/mol. The Bertz CT molecular complexity index is 3140. The average Bonchev–Trinajstić information content (AvgIpc) is 4.16. The molecule has 4 aliphatic rings. The van der Waals surface area contributed by atoms with Gasteiger partial charge in [-0.2, -0.15) is 15.1 Å². The van der Waals surface area contributed by atoms with Gasteiger partial charge in [0.25, 0.3) is 23.8 Å². The Balaban J connectivity index is 0.000000166. The topological polar surface area (TPSA) is 282 Å². The molecule has 2 amide bonds. The number of aryl methyl sites for hydroxylation is 1. The van der Waals surface area contributed by atoms with Crippen molar-refractivity contribution in [2.75, 3.05) is 129 Å². The van der Waals surface area contributed by atoms with Gasteiger partial charge in [-0.25, -0.2) is 19.9 Å². The molecule has 4 fully saturated rings. The highest BCUT2D eigenvalue weighted by Crippen LogP contribution is 2.34. The molecule has 0 bridgehead atoms. The lowest BCUT2D eigenvalue weighted by molar-refractivity contribution is 0.0304. The predicted octanol–water partition coefficient (Wildman–Crippen LogP) is 2.79. The van der Waals surface area contributed by atoms with Crippen LogP contribution in [0, 0.1) is 0 Å². The largest absolute Gasteiger partial charge is 0.422 e. The summed E-state index contributed by atoms with van der Waals surface area (Å²) >= 11 is 0. The molecule has 374 valence electrons. The van der Waals surface area contributed by atoms with Crippen LogP contribution in [0.3, 0.4) is 0 Å². The van der Waals surface area contributed by atoms with Crippen molar-refractivity contribution in [2.24, 2.45) is 17.8 Å². The van der Waals surface area contributed by atoms with Gasteiger partial charge in [0.15, 0.2) is 11.2 Å². The summed E-state index contributed by atoms with van der Waals surface area (Å²) in [6.45, 7) is 10.7. The highest BCUT2D eigenvalue weighted by Gasteiger charge is 2.39. The molecule has 11 rings (SSSR count). The van der Waals surface area contributed by atoms with Crippen molar-refractivity contribution < 1.29 is 33.0 Å². The molecular formula is C48H55N17O7. The summed E-state index contributed by atoms with van der Waals surface area (Å²) in [5, 5.41) is 23.6. The van der Waals surface area contributed by atoms with Gasteiger partial charge in [-0.05, 0) is 31.2 Å². The number of oxazole rings is 2. The Hall–Kier alpha value is -8.06. The second-order valence-electron chi connectivity index (χ2n) is 17.8. The molecule has 7 aromatic rings. The fourth-order valence-corrected chi connectivity index (χ4v) is 8.67. The number of pyridine rings is 4. The third-order valence-electron chi connectivity index (χ3n) is 12.3. The Morgan fingerprint density at radius 1 is 0.750 bits per heavy atom. The molecule has 11 heterocycles. The van der Waals surface area contributed by atoms with Gasteiger partial charge >= 0.3 is 0 Å². The number of allylic oxidation sites excluding steroid dienone is 1. The first-order chi connectivity index (χ1) is 35.0. The van der Waals surface area contributed by atoms with E-state index in [1.54, 1.807) is 67.5 Å². The molecule has 4 saturated heterocycles. The van der Waals surface area contributed by atoms with Crippen molar-refractivity contribution in [3.63, 3.8) is 0 Å². The standard InChI is InChI=1S/C24H27N9O3.C24H28N8O4/c1-31-15-16(14-26-31)18-3-2-4-20(27-18)28-23(34)17-13-19-21(29-22(17)32-7-5-25-6-8-32)30-24(36-19)33-9-11-35-12-10-33;1-24(34)13-32(14-24)21-16(10-18-20(29-21)30-23(36-18)31-6-8-35-9-7-31)22(33)28-19-5-3-4-17(27-19)15(11-25)12-26-2/h2-4,13-15,25H,5-12H2,1H3,(H,27,28,34);3-5,10-12,34H,6-9,13-14,25H2,1-2H3,(H,27,28,33)/b;15-11+,26-12?. The zero-order chi connectivity index (χ0) is 49.8. The molecule has 0 aromatic carbocycles. The van der Waals surface area contributed by atoms with Gasteiger partial charge in [0.2, 0.25) is 11.3 Å². The number of nitrogens with one attached hydrogen (secondary N) is 3. The smallest absolute Gasteiger partial charge is 0.300 e. The number of carbonyl (C=O) groups excluding carboxylic acids is 2. The number of nitrogens with zero attached hydrogens (tertiary/aromatic N) is 13.